The van der Waals surface area contributed by atoms with Crippen molar-refractivity contribution in [3.05, 3.63) is 42.4 Å². The van der Waals surface area contributed by atoms with E-state index < -0.39 is 12.3 Å². The number of aliphatic hydroxyl groups is 2. The summed E-state index contributed by atoms with van der Waals surface area (Å²) < 4.78 is 1.87. The molecule has 142 valence electrons. The monoisotopic (exact) mass is 369 g/mol. The maximum absolute atomic E-state index is 10.4. The number of hydrogen-bond donors (Lipinski definition) is 5. The van der Waals surface area contributed by atoms with Gasteiger partial charge in [0.15, 0.2) is 11.5 Å². The van der Waals surface area contributed by atoms with Gasteiger partial charge in [0.25, 0.3) is 0 Å². The van der Waals surface area contributed by atoms with Gasteiger partial charge in [0.2, 0.25) is 0 Å². The number of nitrogens with zero attached hydrogens (tertiary/aromatic N) is 3. The highest BCUT2D eigenvalue weighted by Gasteiger charge is 2.25. The van der Waals surface area contributed by atoms with Crippen molar-refractivity contribution in [3.63, 3.8) is 0 Å². The summed E-state index contributed by atoms with van der Waals surface area (Å²) in [6.07, 6.45) is 5.88. The fourth-order valence-corrected chi connectivity index (χ4v) is 3.00. The molecule has 27 heavy (non-hydrogen) atoms. The maximum Gasteiger partial charge on any atom is 0.180 e. The van der Waals surface area contributed by atoms with Crippen molar-refractivity contribution in [3.8, 4) is 17.0 Å². The quantitative estimate of drug-likeness (QED) is 0.402. The number of aliphatic hydroxyl groups excluding tert-OH is 2. The molecular formula is C19H23N5O3. The van der Waals surface area contributed by atoms with Gasteiger partial charge in [-0.15, -0.1) is 0 Å². The Labute approximate surface area is 156 Å². The molecule has 1 saturated carbocycles. The number of aromatic nitrogens is 3. The zero-order valence-corrected chi connectivity index (χ0v) is 15.0. The minimum absolute atomic E-state index is 0.0320. The SMILES string of the molecule is CC(O)CNc1nccn2c(-c3ccc(C(O)NC4CC4)c(O)c3)cnc12. The normalized spacial score (nSPS) is 16.4. The first-order valence-electron chi connectivity index (χ1n) is 9.04. The second kappa shape index (κ2) is 7.15. The molecule has 2 heterocycles. The molecule has 4 rings (SSSR count). The van der Waals surface area contributed by atoms with Crippen molar-refractivity contribution in [2.75, 3.05) is 11.9 Å². The van der Waals surface area contributed by atoms with Gasteiger partial charge in [0, 0.05) is 36.1 Å². The molecule has 8 heteroatoms. The van der Waals surface area contributed by atoms with E-state index in [-0.39, 0.29) is 5.75 Å². The van der Waals surface area contributed by atoms with E-state index in [1.54, 1.807) is 37.6 Å². The Bertz CT molecular complexity index is 952. The van der Waals surface area contributed by atoms with Gasteiger partial charge in [-0.1, -0.05) is 12.1 Å². The Morgan fingerprint density at radius 3 is 2.78 bits per heavy atom. The largest absolute Gasteiger partial charge is 0.507 e. The molecule has 0 radical (unpaired) electrons. The summed E-state index contributed by atoms with van der Waals surface area (Å²) in [7, 11) is 0. The van der Waals surface area contributed by atoms with Crippen LogP contribution in [0.4, 0.5) is 5.82 Å². The van der Waals surface area contributed by atoms with Crippen molar-refractivity contribution < 1.29 is 15.3 Å². The molecule has 2 aromatic heterocycles. The Morgan fingerprint density at radius 2 is 2.07 bits per heavy atom. The van der Waals surface area contributed by atoms with Gasteiger partial charge >= 0.3 is 0 Å². The van der Waals surface area contributed by atoms with Crippen LogP contribution in [-0.2, 0) is 0 Å². The first kappa shape index (κ1) is 17.7. The third-order valence-electron chi connectivity index (χ3n) is 4.58. The van der Waals surface area contributed by atoms with Crippen molar-refractivity contribution >= 4 is 11.5 Å². The fraction of sp³-hybridized carbons (Fsp3) is 0.368. The second-order valence-corrected chi connectivity index (χ2v) is 6.96. The Kier molecular flexibility index (Phi) is 4.69. The summed E-state index contributed by atoms with van der Waals surface area (Å²) >= 11 is 0. The predicted molar refractivity (Wildman–Crippen MR) is 101 cm³/mol. The first-order chi connectivity index (χ1) is 13.0. The molecule has 2 atom stereocenters. The van der Waals surface area contributed by atoms with Gasteiger partial charge in [-0.25, -0.2) is 9.97 Å². The van der Waals surface area contributed by atoms with E-state index in [2.05, 4.69) is 20.6 Å². The van der Waals surface area contributed by atoms with Crippen LogP contribution in [0.2, 0.25) is 0 Å². The molecule has 0 bridgehead atoms. The van der Waals surface area contributed by atoms with Crippen LogP contribution in [0.1, 0.15) is 31.6 Å². The van der Waals surface area contributed by atoms with Crippen molar-refractivity contribution in [1.29, 1.82) is 0 Å². The third-order valence-corrected chi connectivity index (χ3v) is 4.58. The molecule has 0 spiro atoms. The minimum Gasteiger partial charge on any atom is -0.507 e. The summed E-state index contributed by atoms with van der Waals surface area (Å²) in [6, 6.07) is 5.52. The first-order valence-corrected chi connectivity index (χ1v) is 9.04. The number of hydrogen-bond acceptors (Lipinski definition) is 7. The molecule has 3 aromatic rings. The number of aromatic hydroxyl groups is 1. The van der Waals surface area contributed by atoms with Crippen LogP contribution in [-0.4, -0.2) is 48.4 Å². The van der Waals surface area contributed by atoms with Crippen LogP contribution >= 0.6 is 0 Å². The van der Waals surface area contributed by atoms with E-state index in [4.69, 9.17) is 0 Å². The highest BCUT2D eigenvalue weighted by Crippen LogP contribution is 2.32. The lowest BCUT2D eigenvalue weighted by atomic mass is 10.1. The number of anilines is 1. The average molecular weight is 369 g/mol. The molecule has 5 N–H and O–H groups in total. The molecule has 0 aliphatic heterocycles. The molecule has 1 fully saturated rings. The highest BCUT2D eigenvalue weighted by molar-refractivity contribution is 5.71. The second-order valence-electron chi connectivity index (χ2n) is 6.96. The van der Waals surface area contributed by atoms with E-state index in [1.807, 2.05) is 10.5 Å². The Balaban J connectivity index is 1.64. The van der Waals surface area contributed by atoms with Crippen LogP contribution in [0.5, 0.6) is 5.75 Å². The summed E-state index contributed by atoms with van der Waals surface area (Å²) in [5, 5.41) is 36.2. The van der Waals surface area contributed by atoms with Crippen LogP contribution in [0.25, 0.3) is 16.9 Å². The average Bonchev–Trinajstić information content (AvgIpc) is 3.34. The highest BCUT2D eigenvalue weighted by atomic mass is 16.3. The van der Waals surface area contributed by atoms with Crippen molar-refractivity contribution in [2.24, 2.45) is 0 Å². The van der Waals surface area contributed by atoms with Crippen LogP contribution in [0.3, 0.4) is 0 Å². The van der Waals surface area contributed by atoms with E-state index in [9.17, 15) is 15.3 Å². The molecule has 0 saturated heterocycles. The molecular weight excluding hydrogens is 346 g/mol. The van der Waals surface area contributed by atoms with E-state index in [1.165, 1.54) is 0 Å². The third kappa shape index (κ3) is 3.73. The molecule has 2 unspecified atom stereocenters. The summed E-state index contributed by atoms with van der Waals surface area (Å²) in [4.78, 5) is 8.70. The van der Waals surface area contributed by atoms with Gasteiger partial charge in [0.05, 0.1) is 18.0 Å². The van der Waals surface area contributed by atoms with Crippen LogP contribution in [0, 0.1) is 0 Å². The van der Waals surface area contributed by atoms with Gasteiger partial charge < -0.3 is 20.6 Å². The smallest absolute Gasteiger partial charge is 0.180 e. The lowest BCUT2D eigenvalue weighted by Crippen LogP contribution is -2.22. The topological polar surface area (TPSA) is 115 Å². The number of benzene rings is 1. The zero-order valence-electron chi connectivity index (χ0n) is 15.0. The van der Waals surface area contributed by atoms with Gasteiger partial charge in [-0.05, 0) is 25.8 Å². The van der Waals surface area contributed by atoms with Gasteiger partial charge in [0.1, 0.15) is 12.0 Å². The number of rotatable bonds is 7. The predicted octanol–water partition coefficient (Wildman–Crippen LogP) is 1.64. The van der Waals surface area contributed by atoms with Crippen molar-refractivity contribution in [1.82, 2.24) is 19.7 Å². The zero-order chi connectivity index (χ0) is 19.0. The molecule has 0 amide bonds. The summed E-state index contributed by atoms with van der Waals surface area (Å²) in [5.41, 5.74) is 2.65. The summed E-state index contributed by atoms with van der Waals surface area (Å²) in [5.74, 6) is 0.610. The number of phenols is 1. The van der Waals surface area contributed by atoms with Gasteiger partial charge in [-0.3, -0.25) is 9.72 Å². The van der Waals surface area contributed by atoms with E-state index >= 15 is 0 Å². The molecule has 8 nitrogen and oxygen atoms in total. The van der Waals surface area contributed by atoms with Crippen LogP contribution < -0.4 is 10.6 Å². The Hall–Kier alpha value is -2.68. The van der Waals surface area contributed by atoms with Crippen molar-refractivity contribution in [2.45, 2.75) is 38.1 Å². The summed E-state index contributed by atoms with van der Waals surface area (Å²) in [6.45, 7) is 2.07. The minimum atomic E-state index is -0.880. The number of nitrogens with one attached hydrogen (secondary N) is 2. The number of fused-ring (bicyclic) bond motifs is 1. The van der Waals surface area contributed by atoms with E-state index in [0.717, 1.165) is 24.1 Å². The van der Waals surface area contributed by atoms with E-state index in [0.29, 0.717) is 29.6 Å². The molecule has 1 aromatic carbocycles. The molecule has 1 aliphatic carbocycles. The molecule has 1 aliphatic rings. The lowest BCUT2D eigenvalue weighted by molar-refractivity contribution is 0.134. The number of phenolic OH excluding ortho intramolecular Hbond substituents is 1. The van der Waals surface area contributed by atoms with Crippen LogP contribution in [0.15, 0.2) is 36.8 Å². The fourth-order valence-electron chi connectivity index (χ4n) is 3.00. The number of imidazole rings is 1. The Morgan fingerprint density at radius 1 is 1.26 bits per heavy atom. The standard InChI is InChI=1S/C19H23N5O3/c1-11(25)9-21-17-18-22-10-15(24(18)7-6-20-17)12-2-5-14(16(26)8-12)19(27)23-13-3-4-13/h2,5-8,10-11,13,19,23,25-27H,3-4,9H2,1H3,(H,20,21). The lowest BCUT2D eigenvalue weighted by Gasteiger charge is -2.15. The van der Waals surface area contributed by atoms with Gasteiger partial charge in [-0.2, -0.15) is 0 Å². The maximum atomic E-state index is 10.4.